The Bertz CT molecular complexity index is 729. The fraction of sp³-hybridized carbons (Fsp3) is 0.474. The first-order valence-corrected chi connectivity index (χ1v) is 8.84. The maximum absolute atomic E-state index is 11.8. The summed E-state index contributed by atoms with van der Waals surface area (Å²) in [4.78, 5) is 20.5. The molecule has 0 saturated carbocycles. The molecule has 26 heavy (non-hydrogen) atoms. The highest BCUT2D eigenvalue weighted by molar-refractivity contribution is 5.73. The molecule has 140 valence electrons. The Kier molecular flexibility index (Phi) is 5.90. The molecule has 1 aliphatic rings. The number of imidazole rings is 1. The second kappa shape index (κ2) is 8.33. The van der Waals surface area contributed by atoms with Gasteiger partial charge in [-0.3, -0.25) is 14.6 Å². The van der Waals surface area contributed by atoms with Gasteiger partial charge < -0.3 is 14.4 Å². The van der Waals surface area contributed by atoms with Crippen LogP contribution in [0.15, 0.2) is 36.8 Å². The fourth-order valence-electron chi connectivity index (χ4n) is 3.40. The van der Waals surface area contributed by atoms with Gasteiger partial charge in [-0.15, -0.1) is 0 Å². The van der Waals surface area contributed by atoms with E-state index in [9.17, 15) is 9.90 Å². The van der Waals surface area contributed by atoms with Crippen LogP contribution in [-0.2, 0) is 24.9 Å². The first-order valence-electron chi connectivity index (χ1n) is 8.84. The predicted molar refractivity (Wildman–Crippen MR) is 97.9 cm³/mol. The number of methoxy groups -OCH3 is 1. The Hall–Kier alpha value is -2.38. The second-order valence-electron chi connectivity index (χ2n) is 6.77. The molecule has 1 atom stereocenters. The highest BCUT2D eigenvalue weighted by atomic mass is 16.5. The Morgan fingerprint density at radius 3 is 2.62 bits per heavy atom. The maximum atomic E-state index is 11.8. The van der Waals surface area contributed by atoms with Gasteiger partial charge in [0, 0.05) is 46.0 Å². The standard InChI is InChI=1S/C19H26N4O3/c1-21-12-16(20-14-21)13-22-8-7-18(19(24)25)23(10-9-22)11-15-3-5-17(26-2)6-4-15/h3-6,12,14,18H,7-11,13H2,1-2H3,(H,24,25). The lowest BCUT2D eigenvalue weighted by atomic mass is 10.1. The van der Waals surface area contributed by atoms with E-state index in [2.05, 4.69) is 14.8 Å². The molecule has 2 aromatic rings. The predicted octanol–water partition coefficient (Wildman–Crippen LogP) is 1.59. The van der Waals surface area contributed by atoms with Gasteiger partial charge in [0.1, 0.15) is 11.8 Å². The van der Waals surface area contributed by atoms with Crippen LogP contribution in [0.5, 0.6) is 5.75 Å². The second-order valence-corrected chi connectivity index (χ2v) is 6.77. The summed E-state index contributed by atoms with van der Waals surface area (Å²) in [5.41, 5.74) is 2.11. The van der Waals surface area contributed by atoms with Crippen LogP contribution in [-0.4, -0.2) is 63.2 Å². The molecule has 0 spiro atoms. The molecule has 7 nitrogen and oxygen atoms in total. The number of aryl methyl sites for hydroxylation is 1. The molecular weight excluding hydrogens is 332 g/mol. The van der Waals surface area contributed by atoms with Crippen molar-refractivity contribution in [1.29, 1.82) is 0 Å². The highest BCUT2D eigenvalue weighted by Gasteiger charge is 2.29. The summed E-state index contributed by atoms with van der Waals surface area (Å²) in [7, 11) is 3.59. The van der Waals surface area contributed by atoms with Crippen LogP contribution in [0.2, 0.25) is 0 Å². The summed E-state index contributed by atoms with van der Waals surface area (Å²) >= 11 is 0. The molecule has 3 rings (SSSR count). The third-order valence-corrected chi connectivity index (χ3v) is 4.84. The largest absolute Gasteiger partial charge is 0.497 e. The minimum atomic E-state index is -0.752. The lowest BCUT2D eigenvalue weighted by Gasteiger charge is -2.26. The summed E-state index contributed by atoms with van der Waals surface area (Å²) in [5.74, 6) is 0.0548. The van der Waals surface area contributed by atoms with E-state index in [1.165, 1.54) is 0 Å². The van der Waals surface area contributed by atoms with Gasteiger partial charge in [0.15, 0.2) is 0 Å². The number of aliphatic carboxylic acids is 1. The van der Waals surface area contributed by atoms with Crippen molar-refractivity contribution in [1.82, 2.24) is 19.4 Å². The van der Waals surface area contributed by atoms with Gasteiger partial charge in [-0.05, 0) is 24.1 Å². The average molecular weight is 358 g/mol. The Labute approximate surface area is 153 Å². The number of aromatic nitrogens is 2. The summed E-state index contributed by atoms with van der Waals surface area (Å²) in [6.07, 6.45) is 4.41. The number of carbonyl (C=O) groups is 1. The molecule has 1 aromatic heterocycles. The summed E-state index contributed by atoms with van der Waals surface area (Å²) < 4.78 is 7.12. The van der Waals surface area contributed by atoms with Gasteiger partial charge in [0.25, 0.3) is 0 Å². The molecule has 7 heteroatoms. The zero-order chi connectivity index (χ0) is 18.5. The van der Waals surface area contributed by atoms with E-state index in [0.29, 0.717) is 13.0 Å². The molecule has 1 aromatic carbocycles. The van der Waals surface area contributed by atoms with Crippen LogP contribution in [0.4, 0.5) is 0 Å². The molecule has 2 heterocycles. The van der Waals surface area contributed by atoms with Gasteiger partial charge in [0.05, 0.1) is 19.1 Å². The number of ether oxygens (including phenoxy) is 1. The van der Waals surface area contributed by atoms with Crippen LogP contribution in [0.3, 0.4) is 0 Å². The lowest BCUT2D eigenvalue weighted by Crippen LogP contribution is -2.41. The Morgan fingerprint density at radius 1 is 1.23 bits per heavy atom. The first kappa shape index (κ1) is 18.4. The van der Waals surface area contributed by atoms with Crippen LogP contribution >= 0.6 is 0 Å². The normalized spacial score (nSPS) is 19.2. The van der Waals surface area contributed by atoms with Gasteiger partial charge in [-0.2, -0.15) is 0 Å². The number of carboxylic acids is 1. The molecule has 1 N–H and O–H groups in total. The van der Waals surface area contributed by atoms with E-state index in [4.69, 9.17) is 4.74 Å². The molecule has 0 aliphatic carbocycles. The van der Waals surface area contributed by atoms with E-state index in [0.717, 1.165) is 43.2 Å². The quantitative estimate of drug-likeness (QED) is 0.846. The number of nitrogens with zero attached hydrogens (tertiary/aromatic N) is 4. The zero-order valence-electron chi connectivity index (χ0n) is 15.3. The number of hydrogen-bond acceptors (Lipinski definition) is 5. The van der Waals surface area contributed by atoms with Crippen molar-refractivity contribution in [3.63, 3.8) is 0 Å². The molecule has 1 unspecified atom stereocenters. The minimum Gasteiger partial charge on any atom is -0.497 e. The third kappa shape index (κ3) is 4.62. The topological polar surface area (TPSA) is 70.8 Å². The van der Waals surface area contributed by atoms with Crippen molar-refractivity contribution < 1.29 is 14.6 Å². The van der Waals surface area contributed by atoms with E-state index in [1.54, 1.807) is 13.4 Å². The van der Waals surface area contributed by atoms with Crippen LogP contribution in [0.1, 0.15) is 17.7 Å². The molecule has 0 amide bonds. The van der Waals surface area contributed by atoms with Crippen molar-refractivity contribution in [3.8, 4) is 5.75 Å². The minimum absolute atomic E-state index is 0.467. The highest BCUT2D eigenvalue weighted by Crippen LogP contribution is 2.18. The summed E-state index contributed by atoms with van der Waals surface area (Å²) in [6.45, 7) is 3.68. The van der Waals surface area contributed by atoms with E-state index in [1.807, 2.05) is 42.1 Å². The maximum Gasteiger partial charge on any atom is 0.320 e. The van der Waals surface area contributed by atoms with Crippen molar-refractivity contribution >= 4 is 5.97 Å². The SMILES string of the molecule is COc1ccc(CN2CCN(Cc3cn(C)cn3)CCC2C(=O)O)cc1. The van der Waals surface area contributed by atoms with Gasteiger partial charge in [-0.1, -0.05) is 12.1 Å². The molecule has 0 radical (unpaired) electrons. The molecule has 1 fully saturated rings. The molecule has 0 bridgehead atoms. The monoisotopic (exact) mass is 358 g/mol. The van der Waals surface area contributed by atoms with E-state index >= 15 is 0 Å². The van der Waals surface area contributed by atoms with Crippen molar-refractivity contribution in [3.05, 3.63) is 48.0 Å². The van der Waals surface area contributed by atoms with Gasteiger partial charge in [-0.25, -0.2) is 4.98 Å². The third-order valence-electron chi connectivity index (χ3n) is 4.84. The molecule has 1 aliphatic heterocycles. The Morgan fingerprint density at radius 2 is 2.00 bits per heavy atom. The smallest absolute Gasteiger partial charge is 0.320 e. The number of hydrogen-bond donors (Lipinski definition) is 1. The zero-order valence-corrected chi connectivity index (χ0v) is 15.3. The molecule has 1 saturated heterocycles. The van der Waals surface area contributed by atoms with Gasteiger partial charge >= 0.3 is 5.97 Å². The summed E-state index contributed by atoms with van der Waals surface area (Å²) in [6, 6.07) is 7.35. The fourth-order valence-corrected chi connectivity index (χ4v) is 3.40. The van der Waals surface area contributed by atoms with Crippen molar-refractivity contribution in [2.45, 2.75) is 25.6 Å². The Balaban J connectivity index is 1.66. The van der Waals surface area contributed by atoms with E-state index in [-0.39, 0.29) is 0 Å². The first-order chi connectivity index (χ1) is 12.5. The number of benzene rings is 1. The van der Waals surface area contributed by atoms with Crippen LogP contribution in [0, 0.1) is 0 Å². The molecular formula is C19H26N4O3. The van der Waals surface area contributed by atoms with E-state index < -0.39 is 12.0 Å². The number of carboxylic acid groups (broad SMARTS) is 1. The average Bonchev–Trinajstić information content (AvgIpc) is 2.93. The van der Waals surface area contributed by atoms with Crippen molar-refractivity contribution in [2.24, 2.45) is 7.05 Å². The number of rotatable bonds is 6. The van der Waals surface area contributed by atoms with Crippen LogP contribution in [0.25, 0.3) is 0 Å². The van der Waals surface area contributed by atoms with Gasteiger partial charge in [0.2, 0.25) is 0 Å². The summed E-state index contributed by atoms with van der Waals surface area (Å²) in [5, 5.41) is 9.68. The van der Waals surface area contributed by atoms with Crippen molar-refractivity contribution in [2.75, 3.05) is 26.7 Å². The lowest BCUT2D eigenvalue weighted by molar-refractivity contribution is -0.143. The van der Waals surface area contributed by atoms with Crippen LogP contribution < -0.4 is 4.74 Å².